The zero-order valence-electron chi connectivity index (χ0n) is 11.1. The van der Waals surface area contributed by atoms with E-state index in [9.17, 15) is 4.79 Å². The number of nitrogens with one attached hydrogen (secondary N) is 1. The highest BCUT2D eigenvalue weighted by Crippen LogP contribution is 2.15. The second kappa shape index (κ2) is 4.33. The summed E-state index contributed by atoms with van der Waals surface area (Å²) in [4.78, 5) is 12.2. The quantitative estimate of drug-likeness (QED) is 0.877. The smallest absolute Gasteiger partial charge is 0.257 e. The van der Waals surface area contributed by atoms with E-state index in [0.29, 0.717) is 5.56 Å². The second-order valence-electron chi connectivity index (χ2n) is 5.30. The van der Waals surface area contributed by atoms with E-state index >= 15 is 0 Å². The number of hydrogen-bond acceptors (Lipinski definition) is 2. The van der Waals surface area contributed by atoms with Gasteiger partial charge in [0.1, 0.15) is 11.4 Å². The van der Waals surface area contributed by atoms with Crippen LogP contribution in [0.4, 0.5) is 0 Å². The maximum absolute atomic E-state index is 12.2. The van der Waals surface area contributed by atoms with Crippen molar-refractivity contribution in [1.29, 1.82) is 0 Å². The van der Waals surface area contributed by atoms with Crippen molar-refractivity contribution in [3.8, 4) is 5.82 Å². The fraction of sp³-hybridized carbons (Fsp3) is 0.385. The largest absolute Gasteiger partial charge is 0.347 e. The minimum Gasteiger partial charge on any atom is -0.347 e. The average Bonchev–Trinajstić information content (AvgIpc) is 2.82. The molecule has 2 aromatic heterocycles. The van der Waals surface area contributed by atoms with Gasteiger partial charge < -0.3 is 9.88 Å². The van der Waals surface area contributed by atoms with E-state index in [1.54, 1.807) is 10.9 Å². The van der Waals surface area contributed by atoms with Gasteiger partial charge in [-0.05, 0) is 32.9 Å². The third kappa shape index (κ3) is 2.45. The van der Waals surface area contributed by atoms with Crippen molar-refractivity contribution in [2.24, 2.45) is 7.05 Å². The van der Waals surface area contributed by atoms with Gasteiger partial charge in [0.2, 0.25) is 0 Å². The first-order valence-electron chi connectivity index (χ1n) is 5.86. The van der Waals surface area contributed by atoms with Crippen molar-refractivity contribution in [3.63, 3.8) is 0 Å². The van der Waals surface area contributed by atoms with E-state index < -0.39 is 0 Å². The van der Waals surface area contributed by atoms with Crippen molar-refractivity contribution >= 4 is 5.91 Å². The Balaban J connectivity index is 2.38. The molecule has 5 heteroatoms. The molecule has 18 heavy (non-hydrogen) atoms. The molecule has 0 aliphatic rings. The number of hydrogen-bond donors (Lipinski definition) is 1. The molecule has 1 N–H and O–H groups in total. The van der Waals surface area contributed by atoms with E-state index in [-0.39, 0.29) is 11.4 Å². The molecule has 0 aliphatic carbocycles. The van der Waals surface area contributed by atoms with E-state index in [0.717, 1.165) is 5.82 Å². The van der Waals surface area contributed by atoms with Crippen LogP contribution in [0.25, 0.3) is 5.82 Å². The summed E-state index contributed by atoms with van der Waals surface area (Å²) in [6.45, 7) is 5.86. The minimum absolute atomic E-state index is 0.112. The number of aromatic nitrogens is 3. The lowest BCUT2D eigenvalue weighted by Gasteiger charge is -2.20. The van der Waals surface area contributed by atoms with Crippen molar-refractivity contribution in [2.75, 3.05) is 0 Å². The number of rotatable bonds is 2. The van der Waals surface area contributed by atoms with Crippen molar-refractivity contribution < 1.29 is 4.79 Å². The molecule has 0 spiro atoms. The Morgan fingerprint density at radius 1 is 1.28 bits per heavy atom. The summed E-state index contributed by atoms with van der Waals surface area (Å²) >= 11 is 0. The fourth-order valence-electron chi connectivity index (χ4n) is 1.78. The maximum Gasteiger partial charge on any atom is 0.257 e. The number of carbonyl (C=O) groups is 1. The first kappa shape index (κ1) is 12.4. The van der Waals surface area contributed by atoms with Crippen molar-refractivity contribution in [3.05, 3.63) is 36.3 Å². The first-order chi connectivity index (χ1) is 8.38. The van der Waals surface area contributed by atoms with Crippen LogP contribution in [-0.2, 0) is 7.05 Å². The summed E-state index contributed by atoms with van der Waals surface area (Å²) < 4.78 is 3.57. The molecule has 2 rings (SSSR count). The van der Waals surface area contributed by atoms with Crippen LogP contribution in [0.3, 0.4) is 0 Å². The molecule has 5 nitrogen and oxygen atoms in total. The van der Waals surface area contributed by atoms with Crippen LogP contribution in [-0.4, -0.2) is 25.8 Å². The zero-order chi connectivity index (χ0) is 13.3. The third-order valence-corrected chi connectivity index (χ3v) is 2.49. The molecule has 0 aromatic carbocycles. The maximum atomic E-state index is 12.2. The molecule has 96 valence electrons. The van der Waals surface area contributed by atoms with Gasteiger partial charge in [-0.1, -0.05) is 0 Å². The molecule has 2 heterocycles. The van der Waals surface area contributed by atoms with Gasteiger partial charge in [-0.15, -0.1) is 0 Å². The van der Waals surface area contributed by atoms with Gasteiger partial charge in [0, 0.05) is 25.0 Å². The Bertz CT molecular complexity index is 546. The Morgan fingerprint density at radius 2 is 1.89 bits per heavy atom. The summed E-state index contributed by atoms with van der Waals surface area (Å²) in [6.07, 6.45) is 5.38. The molecule has 0 fully saturated rings. The van der Waals surface area contributed by atoms with E-state index in [1.807, 2.05) is 56.9 Å². The molecule has 1 amide bonds. The molecular weight excluding hydrogens is 228 g/mol. The van der Waals surface area contributed by atoms with Gasteiger partial charge in [0.05, 0.1) is 6.20 Å². The van der Waals surface area contributed by atoms with Crippen molar-refractivity contribution in [2.45, 2.75) is 26.3 Å². The molecule has 2 aromatic rings. The van der Waals surface area contributed by atoms with Crippen LogP contribution in [0, 0.1) is 0 Å². The number of nitrogens with zero attached hydrogens (tertiary/aromatic N) is 3. The Labute approximate surface area is 106 Å². The summed E-state index contributed by atoms with van der Waals surface area (Å²) in [5.74, 6) is 0.654. The first-order valence-corrected chi connectivity index (χ1v) is 5.86. The standard InChI is InChI=1S/C13H18N4O/c1-13(2,3)15-11(18)10-9-14-16(4)12(10)17-7-5-6-8-17/h5-9H,1-4H3,(H,15,18). The van der Waals surface area contributed by atoms with Gasteiger partial charge in [0.25, 0.3) is 5.91 Å². The highest BCUT2D eigenvalue weighted by atomic mass is 16.1. The minimum atomic E-state index is -0.263. The highest BCUT2D eigenvalue weighted by Gasteiger charge is 2.21. The molecule has 0 unspecified atom stereocenters. The van der Waals surface area contributed by atoms with Gasteiger partial charge in [-0.3, -0.25) is 9.48 Å². The number of amides is 1. The monoisotopic (exact) mass is 246 g/mol. The Morgan fingerprint density at radius 3 is 2.44 bits per heavy atom. The van der Waals surface area contributed by atoms with Gasteiger partial charge in [-0.25, -0.2) is 0 Å². The topological polar surface area (TPSA) is 51.9 Å². The summed E-state index contributed by atoms with van der Waals surface area (Å²) in [5, 5.41) is 7.10. The summed E-state index contributed by atoms with van der Waals surface area (Å²) in [6, 6.07) is 3.83. The predicted molar refractivity (Wildman–Crippen MR) is 69.8 cm³/mol. The highest BCUT2D eigenvalue weighted by molar-refractivity contribution is 5.97. The summed E-state index contributed by atoms with van der Waals surface area (Å²) in [7, 11) is 1.82. The Kier molecular flexibility index (Phi) is 2.98. The number of aryl methyl sites for hydroxylation is 1. The zero-order valence-corrected chi connectivity index (χ0v) is 11.1. The van der Waals surface area contributed by atoms with Crippen molar-refractivity contribution in [1.82, 2.24) is 19.7 Å². The second-order valence-corrected chi connectivity index (χ2v) is 5.30. The number of carbonyl (C=O) groups excluding carboxylic acids is 1. The van der Waals surface area contributed by atoms with Crippen LogP contribution >= 0.6 is 0 Å². The molecule has 0 radical (unpaired) electrons. The summed E-state index contributed by atoms with van der Waals surface area (Å²) in [5.41, 5.74) is 0.310. The molecule has 0 saturated carbocycles. The van der Waals surface area contributed by atoms with Gasteiger partial charge >= 0.3 is 0 Å². The van der Waals surface area contributed by atoms with Crippen LogP contribution in [0.15, 0.2) is 30.7 Å². The lowest BCUT2D eigenvalue weighted by molar-refractivity contribution is 0.0919. The molecule has 0 bridgehead atoms. The van der Waals surface area contributed by atoms with E-state index in [1.165, 1.54) is 0 Å². The predicted octanol–water partition coefficient (Wildman–Crippen LogP) is 1.74. The van der Waals surface area contributed by atoms with Crippen LogP contribution in [0.2, 0.25) is 0 Å². The molecular formula is C13H18N4O. The molecule has 0 atom stereocenters. The lowest BCUT2D eigenvalue weighted by atomic mass is 10.1. The molecule has 0 aliphatic heterocycles. The van der Waals surface area contributed by atoms with Crippen LogP contribution in [0.5, 0.6) is 0 Å². The Hall–Kier alpha value is -2.04. The van der Waals surface area contributed by atoms with E-state index in [2.05, 4.69) is 10.4 Å². The normalized spacial score (nSPS) is 11.6. The SMILES string of the molecule is Cn1ncc(C(=O)NC(C)(C)C)c1-n1cccc1. The molecule has 0 saturated heterocycles. The lowest BCUT2D eigenvalue weighted by Crippen LogP contribution is -2.40. The fourth-order valence-corrected chi connectivity index (χ4v) is 1.78. The van der Waals surface area contributed by atoms with Gasteiger partial charge in [0.15, 0.2) is 0 Å². The average molecular weight is 246 g/mol. The van der Waals surface area contributed by atoms with Crippen LogP contribution in [0.1, 0.15) is 31.1 Å². The van der Waals surface area contributed by atoms with Gasteiger partial charge in [-0.2, -0.15) is 5.10 Å². The third-order valence-electron chi connectivity index (χ3n) is 2.49. The van der Waals surface area contributed by atoms with E-state index in [4.69, 9.17) is 0 Å². The van der Waals surface area contributed by atoms with Crippen LogP contribution < -0.4 is 5.32 Å².